The number of nitrogens with one attached hydrogen (secondary N) is 1. The van der Waals surface area contributed by atoms with Gasteiger partial charge >= 0.3 is 0 Å². The van der Waals surface area contributed by atoms with Gasteiger partial charge in [-0.25, -0.2) is 4.98 Å². The molecule has 9 heteroatoms. The van der Waals surface area contributed by atoms with Crippen molar-refractivity contribution in [2.24, 2.45) is 5.92 Å². The number of carbonyl (C=O) groups is 1. The number of aromatic nitrogens is 1. The number of carbonyl (C=O) groups excluding carboxylic acids is 1. The highest BCUT2D eigenvalue weighted by molar-refractivity contribution is 7.22. The summed E-state index contributed by atoms with van der Waals surface area (Å²) in [5.41, 5.74) is 1.82. The summed E-state index contributed by atoms with van der Waals surface area (Å²) in [5.74, 6) is 2.43. The lowest BCUT2D eigenvalue weighted by molar-refractivity contribution is -0.125. The second kappa shape index (κ2) is 8.89. The molecule has 0 bridgehead atoms. The van der Waals surface area contributed by atoms with E-state index in [1.807, 2.05) is 30.3 Å². The van der Waals surface area contributed by atoms with Crippen molar-refractivity contribution in [1.29, 1.82) is 0 Å². The smallest absolute Gasteiger partial charge is 0.226 e. The van der Waals surface area contributed by atoms with Gasteiger partial charge in [0.15, 0.2) is 16.6 Å². The molecule has 1 aromatic heterocycles. The zero-order chi connectivity index (χ0) is 22.0. The minimum Gasteiger partial charge on any atom is -0.497 e. The van der Waals surface area contributed by atoms with Gasteiger partial charge in [-0.1, -0.05) is 11.3 Å². The third-order valence-corrected chi connectivity index (χ3v) is 6.38. The van der Waals surface area contributed by atoms with Crippen molar-refractivity contribution < 1.29 is 23.7 Å². The van der Waals surface area contributed by atoms with Crippen LogP contribution >= 0.6 is 11.3 Å². The minimum atomic E-state index is -0.0661. The van der Waals surface area contributed by atoms with Crippen molar-refractivity contribution in [3.05, 3.63) is 35.9 Å². The summed E-state index contributed by atoms with van der Waals surface area (Å²) in [6.07, 6.45) is 0. The number of benzene rings is 2. The number of hydrogen-bond donors (Lipinski definition) is 1. The van der Waals surface area contributed by atoms with Crippen LogP contribution in [-0.2, 0) is 11.3 Å². The summed E-state index contributed by atoms with van der Waals surface area (Å²) in [4.78, 5) is 19.4. The fraction of sp³-hybridized carbons (Fsp3) is 0.364. The van der Waals surface area contributed by atoms with Crippen molar-refractivity contribution in [3.8, 4) is 23.0 Å². The SMILES string of the molecule is COc1ccc2nc(N3CC(C(=O)NCc4cc(OC)c(OC)c(OC)c4)C3)sc2c1. The molecular formula is C22H25N3O5S. The first-order chi connectivity index (χ1) is 15.1. The fourth-order valence-corrected chi connectivity index (χ4v) is 4.54. The molecule has 1 saturated heterocycles. The molecule has 8 nitrogen and oxygen atoms in total. The van der Waals surface area contributed by atoms with Gasteiger partial charge in [0.1, 0.15) is 5.75 Å². The molecule has 3 aromatic rings. The van der Waals surface area contributed by atoms with Crippen LogP contribution in [0.2, 0.25) is 0 Å². The molecule has 2 heterocycles. The Morgan fingerprint density at radius 3 is 2.39 bits per heavy atom. The minimum absolute atomic E-state index is 0.0211. The van der Waals surface area contributed by atoms with Crippen LogP contribution in [-0.4, -0.2) is 52.4 Å². The number of fused-ring (bicyclic) bond motifs is 1. The average molecular weight is 444 g/mol. The topological polar surface area (TPSA) is 82.2 Å². The van der Waals surface area contributed by atoms with Crippen LogP contribution in [0.25, 0.3) is 10.2 Å². The van der Waals surface area contributed by atoms with E-state index in [2.05, 4.69) is 15.2 Å². The molecule has 1 aliphatic rings. The second-order valence-corrected chi connectivity index (χ2v) is 8.19. The van der Waals surface area contributed by atoms with Crippen LogP contribution in [0.1, 0.15) is 5.56 Å². The zero-order valence-corrected chi connectivity index (χ0v) is 18.7. The Morgan fingerprint density at radius 1 is 1.06 bits per heavy atom. The van der Waals surface area contributed by atoms with Gasteiger partial charge in [0.25, 0.3) is 0 Å². The average Bonchev–Trinajstić information content (AvgIpc) is 3.18. The van der Waals surface area contributed by atoms with E-state index in [4.69, 9.17) is 18.9 Å². The van der Waals surface area contributed by atoms with E-state index in [0.29, 0.717) is 36.9 Å². The molecule has 0 spiro atoms. The van der Waals surface area contributed by atoms with E-state index in [1.165, 1.54) is 0 Å². The summed E-state index contributed by atoms with van der Waals surface area (Å²) < 4.78 is 22.4. The van der Waals surface area contributed by atoms with Crippen molar-refractivity contribution in [2.75, 3.05) is 46.4 Å². The van der Waals surface area contributed by atoms with Crippen LogP contribution in [0, 0.1) is 5.92 Å². The van der Waals surface area contributed by atoms with Gasteiger partial charge in [0, 0.05) is 19.6 Å². The molecule has 1 amide bonds. The maximum absolute atomic E-state index is 12.6. The Labute approximate surface area is 184 Å². The number of thiazole rings is 1. The van der Waals surface area contributed by atoms with E-state index in [-0.39, 0.29) is 11.8 Å². The maximum atomic E-state index is 12.6. The first kappa shape index (κ1) is 21.0. The van der Waals surface area contributed by atoms with Crippen LogP contribution < -0.4 is 29.2 Å². The molecule has 0 saturated carbocycles. The fourth-order valence-electron chi connectivity index (χ4n) is 3.53. The maximum Gasteiger partial charge on any atom is 0.226 e. The standard InChI is InChI=1S/C22H25N3O5S/c1-27-15-5-6-16-19(9-15)31-22(24-16)25-11-14(12-25)21(26)23-10-13-7-17(28-2)20(30-4)18(8-13)29-3/h5-9,14H,10-12H2,1-4H3,(H,23,26). The highest BCUT2D eigenvalue weighted by atomic mass is 32.1. The Bertz CT molecular complexity index is 1070. The first-order valence-corrected chi connectivity index (χ1v) is 10.6. The van der Waals surface area contributed by atoms with E-state index >= 15 is 0 Å². The lowest BCUT2D eigenvalue weighted by Crippen LogP contribution is -2.53. The first-order valence-electron chi connectivity index (χ1n) is 9.82. The highest BCUT2D eigenvalue weighted by Gasteiger charge is 2.34. The van der Waals surface area contributed by atoms with E-state index in [0.717, 1.165) is 26.7 Å². The molecule has 1 aliphatic heterocycles. The number of anilines is 1. The number of hydrogen-bond acceptors (Lipinski definition) is 8. The Balaban J connectivity index is 1.35. The molecule has 4 rings (SSSR count). The molecule has 0 aliphatic carbocycles. The summed E-state index contributed by atoms with van der Waals surface area (Å²) in [7, 11) is 6.35. The van der Waals surface area contributed by atoms with E-state index in [1.54, 1.807) is 39.8 Å². The summed E-state index contributed by atoms with van der Waals surface area (Å²) in [6, 6.07) is 9.52. The Hall–Kier alpha value is -3.20. The third-order valence-electron chi connectivity index (χ3n) is 5.30. The number of nitrogens with zero attached hydrogens (tertiary/aromatic N) is 2. The quantitative estimate of drug-likeness (QED) is 0.573. The molecule has 164 valence electrons. The second-order valence-electron chi connectivity index (χ2n) is 7.18. The normalized spacial score (nSPS) is 13.6. The van der Waals surface area contributed by atoms with Crippen LogP contribution in [0.3, 0.4) is 0 Å². The molecule has 0 atom stereocenters. The monoisotopic (exact) mass is 443 g/mol. The molecule has 1 N–H and O–H groups in total. The zero-order valence-electron chi connectivity index (χ0n) is 17.9. The van der Waals surface area contributed by atoms with Crippen LogP contribution in [0.5, 0.6) is 23.0 Å². The Morgan fingerprint density at radius 2 is 1.77 bits per heavy atom. The van der Waals surface area contributed by atoms with Gasteiger partial charge in [-0.15, -0.1) is 0 Å². The van der Waals surface area contributed by atoms with Crippen LogP contribution in [0.15, 0.2) is 30.3 Å². The van der Waals surface area contributed by atoms with Crippen molar-refractivity contribution in [3.63, 3.8) is 0 Å². The molecule has 0 unspecified atom stereocenters. The van der Waals surface area contributed by atoms with Crippen LogP contribution in [0.4, 0.5) is 5.13 Å². The van der Waals surface area contributed by atoms with E-state index in [9.17, 15) is 4.79 Å². The lowest BCUT2D eigenvalue weighted by atomic mass is 10.00. The molecule has 31 heavy (non-hydrogen) atoms. The van der Waals surface area contributed by atoms with Gasteiger partial charge in [-0.3, -0.25) is 4.79 Å². The molecule has 1 fully saturated rings. The van der Waals surface area contributed by atoms with Gasteiger partial charge in [-0.05, 0) is 35.9 Å². The van der Waals surface area contributed by atoms with E-state index < -0.39 is 0 Å². The third kappa shape index (κ3) is 4.18. The number of ether oxygens (including phenoxy) is 4. The van der Waals surface area contributed by atoms with Crippen molar-refractivity contribution in [2.45, 2.75) is 6.54 Å². The van der Waals surface area contributed by atoms with Gasteiger partial charge in [0.2, 0.25) is 11.7 Å². The number of methoxy groups -OCH3 is 4. The predicted molar refractivity (Wildman–Crippen MR) is 120 cm³/mol. The Kier molecular flexibility index (Phi) is 6.03. The van der Waals surface area contributed by atoms with Crippen molar-refractivity contribution in [1.82, 2.24) is 10.3 Å². The number of rotatable bonds is 8. The predicted octanol–water partition coefficient (Wildman–Crippen LogP) is 3.08. The summed E-state index contributed by atoms with van der Waals surface area (Å²) >= 11 is 1.61. The highest BCUT2D eigenvalue weighted by Crippen LogP contribution is 2.38. The summed E-state index contributed by atoms with van der Waals surface area (Å²) in [6.45, 7) is 1.68. The number of amides is 1. The largest absolute Gasteiger partial charge is 0.497 e. The molecule has 2 aromatic carbocycles. The van der Waals surface area contributed by atoms with Gasteiger partial charge in [-0.2, -0.15) is 0 Å². The van der Waals surface area contributed by atoms with Crippen molar-refractivity contribution >= 4 is 32.6 Å². The summed E-state index contributed by atoms with van der Waals surface area (Å²) in [5, 5.41) is 3.93. The molecule has 0 radical (unpaired) electrons. The van der Waals surface area contributed by atoms with Gasteiger partial charge < -0.3 is 29.2 Å². The lowest BCUT2D eigenvalue weighted by Gasteiger charge is -2.38. The molecular weight excluding hydrogens is 418 g/mol. The van der Waals surface area contributed by atoms with Gasteiger partial charge in [0.05, 0.1) is 44.6 Å².